The number of quaternary nitrogens is 1. The third-order valence-electron chi connectivity index (χ3n) is 4.63. The van der Waals surface area contributed by atoms with E-state index in [0.29, 0.717) is 5.75 Å². The van der Waals surface area contributed by atoms with Gasteiger partial charge in [-0.2, -0.15) is 0 Å². The first-order valence-corrected chi connectivity index (χ1v) is 8.05. The number of phenols is 1. The molecule has 3 heteroatoms. The predicted octanol–water partition coefficient (Wildman–Crippen LogP) is 1.91. The van der Waals surface area contributed by atoms with E-state index in [2.05, 4.69) is 36.9 Å². The molecule has 1 heterocycles. The Kier molecular flexibility index (Phi) is 4.34. The quantitative estimate of drug-likeness (QED) is 0.906. The highest BCUT2D eigenvalue weighted by Gasteiger charge is 2.20. The second kappa shape index (κ2) is 6.41. The van der Waals surface area contributed by atoms with Crippen LogP contribution in [0.1, 0.15) is 16.7 Å². The van der Waals surface area contributed by atoms with E-state index in [-0.39, 0.29) is 0 Å². The molecule has 0 unspecified atom stereocenters. The monoisotopic (exact) mass is 297 g/mol. The lowest BCUT2D eigenvalue weighted by molar-refractivity contribution is -0.914. The zero-order valence-corrected chi connectivity index (χ0v) is 13.5. The number of hydrogen-bond acceptors (Lipinski definition) is 2. The van der Waals surface area contributed by atoms with Crippen LogP contribution in [0.25, 0.3) is 0 Å². The molecule has 1 aliphatic rings. The van der Waals surface area contributed by atoms with Crippen molar-refractivity contribution in [1.29, 1.82) is 0 Å². The SMILES string of the molecule is Cc1ccc(C)c(C[NH+]2CCN(c3ccc(O)cc3)CC2)c1. The summed E-state index contributed by atoms with van der Waals surface area (Å²) in [6, 6.07) is 14.3. The molecule has 0 amide bonds. The minimum absolute atomic E-state index is 0.336. The number of piperazine rings is 1. The maximum atomic E-state index is 9.39. The van der Waals surface area contributed by atoms with E-state index in [1.165, 1.54) is 22.4 Å². The molecule has 0 atom stereocenters. The number of benzene rings is 2. The molecular formula is C19H25N2O+. The van der Waals surface area contributed by atoms with Gasteiger partial charge in [-0.3, -0.25) is 0 Å². The minimum Gasteiger partial charge on any atom is -0.508 e. The Morgan fingerprint density at radius 2 is 1.68 bits per heavy atom. The highest BCUT2D eigenvalue weighted by molar-refractivity contribution is 5.48. The summed E-state index contributed by atoms with van der Waals surface area (Å²) in [4.78, 5) is 4.07. The van der Waals surface area contributed by atoms with Crippen LogP contribution in [-0.4, -0.2) is 31.3 Å². The van der Waals surface area contributed by atoms with Crippen LogP contribution in [0.5, 0.6) is 5.75 Å². The van der Waals surface area contributed by atoms with Crippen molar-refractivity contribution in [2.75, 3.05) is 31.1 Å². The maximum Gasteiger partial charge on any atom is 0.115 e. The van der Waals surface area contributed by atoms with Crippen molar-refractivity contribution < 1.29 is 10.0 Å². The van der Waals surface area contributed by atoms with Gasteiger partial charge >= 0.3 is 0 Å². The summed E-state index contributed by atoms with van der Waals surface area (Å²) in [6.07, 6.45) is 0. The van der Waals surface area contributed by atoms with Gasteiger partial charge in [0.25, 0.3) is 0 Å². The molecular weight excluding hydrogens is 272 g/mol. The number of rotatable bonds is 3. The summed E-state index contributed by atoms with van der Waals surface area (Å²) < 4.78 is 0. The van der Waals surface area contributed by atoms with Gasteiger partial charge in [0, 0.05) is 11.3 Å². The molecule has 0 aliphatic carbocycles. The van der Waals surface area contributed by atoms with Crippen molar-refractivity contribution in [3.63, 3.8) is 0 Å². The Balaban J connectivity index is 1.60. The average molecular weight is 297 g/mol. The molecule has 1 saturated heterocycles. The van der Waals surface area contributed by atoms with Gasteiger partial charge in [0.2, 0.25) is 0 Å². The molecule has 1 fully saturated rings. The lowest BCUT2D eigenvalue weighted by Crippen LogP contribution is -3.13. The molecule has 0 aromatic heterocycles. The Morgan fingerprint density at radius 1 is 1.00 bits per heavy atom. The number of nitrogens with one attached hydrogen (secondary N) is 1. The van der Waals surface area contributed by atoms with E-state index in [0.717, 1.165) is 32.7 Å². The van der Waals surface area contributed by atoms with Gasteiger partial charge < -0.3 is 14.9 Å². The van der Waals surface area contributed by atoms with E-state index >= 15 is 0 Å². The zero-order chi connectivity index (χ0) is 15.5. The second-order valence-electron chi connectivity index (χ2n) is 6.36. The molecule has 0 saturated carbocycles. The maximum absolute atomic E-state index is 9.39. The van der Waals surface area contributed by atoms with Crippen molar-refractivity contribution in [3.05, 3.63) is 59.2 Å². The lowest BCUT2D eigenvalue weighted by Gasteiger charge is -2.34. The molecule has 3 nitrogen and oxygen atoms in total. The number of hydrogen-bond donors (Lipinski definition) is 2. The summed E-state index contributed by atoms with van der Waals surface area (Å²) in [5.74, 6) is 0.336. The fourth-order valence-corrected chi connectivity index (χ4v) is 3.18. The highest BCUT2D eigenvalue weighted by atomic mass is 16.3. The van der Waals surface area contributed by atoms with Crippen LogP contribution in [0.4, 0.5) is 5.69 Å². The highest BCUT2D eigenvalue weighted by Crippen LogP contribution is 2.18. The summed E-state index contributed by atoms with van der Waals surface area (Å²) >= 11 is 0. The van der Waals surface area contributed by atoms with Gasteiger partial charge in [-0.05, 0) is 43.7 Å². The van der Waals surface area contributed by atoms with E-state index in [4.69, 9.17) is 0 Å². The molecule has 0 bridgehead atoms. The van der Waals surface area contributed by atoms with Gasteiger partial charge in [-0.25, -0.2) is 0 Å². The van der Waals surface area contributed by atoms with Crippen LogP contribution >= 0.6 is 0 Å². The Morgan fingerprint density at radius 3 is 2.36 bits per heavy atom. The zero-order valence-electron chi connectivity index (χ0n) is 13.5. The van der Waals surface area contributed by atoms with Crippen LogP contribution in [-0.2, 0) is 6.54 Å². The topological polar surface area (TPSA) is 27.9 Å². The number of aromatic hydroxyl groups is 1. The summed E-state index contributed by atoms with van der Waals surface area (Å²) in [5, 5.41) is 9.39. The molecule has 1 aliphatic heterocycles. The van der Waals surface area contributed by atoms with Crippen molar-refractivity contribution in [2.24, 2.45) is 0 Å². The lowest BCUT2D eigenvalue weighted by atomic mass is 10.0. The Labute approximate surface area is 132 Å². The Bertz CT molecular complexity index is 628. The molecule has 2 aromatic rings. The fraction of sp³-hybridized carbons (Fsp3) is 0.368. The Hall–Kier alpha value is -2.00. The number of aryl methyl sites for hydroxylation is 2. The van der Waals surface area contributed by atoms with Crippen molar-refractivity contribution >= 4 is 5.69 Å². The number of anilines is 1. The largest absolute Gasteiger partial charge is 0.508 e. The van der Waals surface area contributed by atoms with Crippen molar-refractivity contribution in [3.8, 4) is 5.75 Å². The average Bonchev–Trinajstić information content (AvgIpc) is 2.53. The van der Waals surface area contributed by atoms with Gasteiger partial charge in [-0.15, -0.1) is 0 Å². The summed E-state index contributed by atoms with van der Waals surface area (Å²) in [7, 11) is 0. The number of nitrogens with zero attached hydrogens (tertiary/aromatic N) is 1. The van der Waals surface area contributed by atoms with Gasteiger partial charge in [0.15, 0.2) is 0 Å². The molecule has 2 aromatic carbocycles. The van der Waals surface area contributed by atoms with Gasteiger partial charge in [0.1, 0.15) is 12.3 Å². The van der Waals surface area contributed by atoms with Gasteiger partial charge in [0.05, 0.1) is 26.2 Å². The standard InChI is InChI=1S/C19H24N2O/c1-15-3-4-16(2)17(13-15)14-20-9-11-21(12-10-20)18-5-7-19(22)8-6-18/h3-8,13,22H,9-12,14H2,1-2H3/p+1. The molecule has 2 N–H and O–H groups in total. The fourth-order valence-electron chi connectivity index (χ4n) is 3.18. The number of phenolic OH excluding ortho intramolecular Hbond substituents is 1. The van der Waals surface area contributed by atoms with Crippen LogP contribution in [0.15, 0.2) is 42.5 Å². The molecule has 0 spiro atoms. The molecule has 3 rings (SSSR count). The van der Waals surface area contributed by atoms with Crippen molar-refractivity contribution in [2.45, 2.75) is 20.4 Å². The predicted molar refractivity (Wildman–Crippen MR) is 90.6 cm³/mol. The first-order valence-electron chi connectivity index (χ1n) is 8.05. The van der Waals surface area contributed by atoms with Gasteiger partial charge in [-0.1, -0.05) is 23.8 Å². The van der Waals surface area contributed by atoms with E-state index in [9.17, 15) is 5.11 Å². The smallest absolute Gasteiger partial charge is 0.115 e. The van der Waals surface area contributed by atoms with E-state index in [1.54, 1.807) is 17.0 Å². The first kappa shape index (κ1) is 14.9. The molecule has 116 valence electrons. The summed E-state index contributed by atoms with van der Waals surface area (Å²) in [6.45, 7) is 9.97. The third kappa shape index (κ3) is 3.42. The second-order valence-corrected chi connectivity index (χ2v) is 6.36. The normalized spacial score (nSPS) is 16.0. The van der Waals surface area contributed by atoms with Crippen LogP contribution in [0, 0.1) is 13.8 Å². The van der Waals surface area contributed by atoms with E-state index in [1.807, 2.05) is 12.1 Å². The third-order valence-corrected chi connectivity index (χ3v) is 4.63. The van der Waals surface area contributed by atoms with Crippen LogP contribution < -0.4 is 9.80 Å². The van der Waals surface area contributed by atoms with Crippen LogP contribution in [0.2, 0.25) is 0 Å². The first-order chi connectivity index (χ1) is 10.6. The van der Waals surface area contributed by atoms with E-state index < -0.39 is 0 Å². The minimum atomic E-state index is 0.336. The molecule has 22 heavy (non-hydrogen) atoms. The molecule has 0 radical (unpaired) electrons. The van der Waals surface area contributed by atoms with Crippen LogP contribution in [0.3, 0.4) is 0 Å². The van der Waals surface area contributed by atoms with Crippen molar-refractivity contribution in [1.82, 2.24) is 0 Å². The summed E-state index contributed by atoms with van der Waals surface area (Å²) in [5.41, 5.74) is 5.44.